The van der Waals surface area contributed by atoms with Crippen LogP contribution in [0.25, 0.3) is 0 Å². The van der Waals surface area contributed by atoms with Gasteiger partial charge in [0.25, 0.3) is 0 Å². The van der Waals surface area contributed by atoms with Crippen molar-refractivity contribution in [2.45, 2.75) is 53.5 Å². The van der Waals surface area contributed by atoms with Crippen LogP contribution in [0, 0.1) is 0 Å². The lowest BCUT2D eigenvalue weighted by atomic mass is 10.2. The van der Waals surface area contributed by atoms with Gasteiger partial charge < -0.3 is 0 Å². The van der Waals surface area contributed by atoms with Crippen LogP contribution in [0.3, 0.4) is 0 Å². The molecule has 2 nitrogen and oxygen atoms in total. The van der Waals surface area contributed by atoms with Crippen molar-refractivity contribution in [3.63, 3.8) is 0 Å². The standard InChI is InChI=1S/C9H16N2.C2H6/c1-3-5-9-6-7-10-11(9)8-4-2;1-2/h6-7H,3-5,8H2,1-2H3;1-2H3. The van der Waals surface area contributed by atoms with Gasteiger partial charge in [-0.3, -0.25) is 4.68 Å². The van der Waals surface area contributed by atoms with Crippen LogP contribution in [0.15, 0.2) is 12.3 Å². The van der Waals surface area contributed by atoms with Crippen molar-refractivity contribution in [2.24, 2.45) is 0 Å². The van der Waals surface area contributed by atoms with Crippen molar-refractivity contribution in [3.05, 3.63) is 18.0 Å². The molecule has 1 aromatic rings. The molecule has 1 heterocycles. The fourth-order valence-corrected chi connectivity index (χ4v) is 1.24. The van der Waals surface area contributed by atoms with Crippen LogP contribution in [0.5, 0.6) is 0 Å². The summed E-state index contributed by atoms with van der Waals surface area (Å²) in [4.78, 5) is 0. The Hall–Kier alpha value is -0.790. The Morgan fingerprint density at radius 3 is 2.46 bits per heavy atom. The van der Waals surface area contributed by atoms with Gasteiger partial charge in [-0.1, -0.05) is 34.1 Å². The lowest BCUT2D eigenvalue weighted by Crippen LogP contribution is -2.03. The maximum absolute atomic E-state index is 4.24. The van der Waals surface area contributed by atoms with Gasteiger partial charge >= 0.3 is 0 Å². The Balaban J connectivity index is 0.000000671. The van der Waals surface area contributed by atoms with E-state index in [4.69, 9.17) is 0 Å². The van der Waals surface area contributed by atoms with Crippen molar-refractivity contribution in [1.29, 1.82) is 0 Å². The first-order valence-corrected chi connectivity index (χ1v) is 5.39. The molecule has 0 aliphatic heterocycles. The first-order chi connectivity index (χ1) is 6.38. The maximum Gasteiger partial charge on any atom is 0.0492 e. The third-order valence-electron chi connectivity index (χ3n) is 1.75. The number of rotatable bonds is 4. The molecule has 0 amide bonds. The molecule has 0 aliphatic rings. The minimum atomic E-state index is 1.06. The number of hydrogen-bond acceptors (Lipinski definition) is 1. The topological polar surface area (TPSA) is 17.8 Å². The van der Waals surface area contributed by atoms with Crippen LogP contribution in [-0.2, 0) is 13.0 Å². The van der Waals surface area contributed by atoms with Crippen molar-refractivity contribution in [3.8, 4) is 0 Å². The van der Waals surface area contributed by atoms with E-state index in [1.165, 1.54) is 18.5 Å². The fourth-order valence-electron chi connectivity index (χ4n) is 1.24. The SMILES string of the molecule is CC.CCCc1ccnn1CCC. The van der Waals surface area contributed by atoms with Crippen molar-refractivity contribution >= 4 is 0 Å². The average molecular weight is 182 g/mol. The zero-order valence-corrected chi connectivity index (χ0v) is 9.38. The van der Waals surface area contributed by atoms with Gasteiger partial charge in [0.2, 0.25) is 0 Å². The lowest BCUT2D eigenvalue weighted by Gasteiger charge is -2.03. The molecule has 2 heteroatoms. The molecule has 0 spiro atoms. The Kier molecular flexibility index (Phi) is 7.36. The summed E-state index contributed by atoms with van der Waals surface area (Å²) in [6, 6.07) is 2.11. The summed E-state index contributed by atoms with van der Waals surface area (Å²) in [6.07, 6.45) is 5.41. The molecule has 1 rings (SSSR count). The van der Waals surface area contributed by atoms with E-state index in [0.29, 0.717) is 0 Å². The van der Waals surface area contributed by atoms with E-state index in [1.54, 1.807) is 0 Å². The summed E-state index contributed by atoms with van der Waals surface area (Å²) < 4.78 is 2.10. The monoisotopic (exact) mass is 182 g/mol. The van der Waals surface area contributed by atoms with E-state index >= 15 is 0 Å². The zero-order chi connectivity index (χ0) is 10.1. The van der Waals surface area contributed by atoms with E-state index in [1.807, 2.05) is 20.0 Å². The molecule has 1 aromatic heterocycles. The molecule has 0 saturated carbocycles. The fraction of sp³-hybridized carbons (Fsp3) is 0.727. The molecule has 0 radical (unpaired) electrons. The van der Waals surface area contributed by atoms with E-state index in [0.717, 1.165) is 13.0 Å². The van der Waals surface area contributed by atoms with Crippen LogP contribution >= 0.6 is 0 Å². The van der Waals surface area contributed by atoms with E-state index in [-0.39, 0.29) is 0 Å². The van der Waals surface area contributed by atoms with Crippen LogP contribution in [0.4, 0.5) is 0 Å². The average Bonchev–Trinajstić information content (AvgIpc) is 2.58. The largest absolute Gasteiger partial charge is 0.270 e. The van der Waals surface area contributed by atoms with Crippen molar-refractivity contribution in [2.75, 3.05) is 0 Å². The Morgan fingerprint density at radius 1 is 1.23 bits per heavy atom. The first-order valence-electron chi connectivity index (χ1n) is 5.39. The third kappa shape index (κ3) is 4.11. The van der Waals surface area contributed by atoms with Gasteiger partial charge in [0.1, 0.15) is 0 Å². The summed E-state index contributed by atoms with van der Waals surface area (Å²) in [7, 11) is 0. The van der Waals surface area contributed by atoms with E-state index in [2.05, 4.69) is 29.7 Å². The number of hydrogen-bond donors (Lipinski definition) is 0. The molecule has 0 bridgehead atoms. The van der Waals surface area contributed by atoms with Gasteiger partial charge in [-0.15, -0.1) is 0 Å². The zero-order valence-electron chi connectivity index (χ0n) is 9.38. The Bertz CT molecular complexity index is 183. The Morgan fingerprint density at radius 2 is 1.92 bits per heavy atom. The molecule has 0 saturated heterocycles. The quantitative estimate of drug-likeness (QED) is 0.698. The smallest absolute Gasteiger partial charge is 0.0492 e. The van der Waals surface area contributed by atoms with Gasteiger partial charge in [-0.05, 0) is 18.9 Å². The molecule has 0 N–H and O–H groups in total. The summed E-state index contributed by atoms with van der Waals surface area (Å²) in [5, 5.41) is 4.24. The highest BCUT2D eigenvalue weighted by Crippen LogP contribution is 2.02. The van der Waals surface area contributed by atoms with Crippen LogP contribution in [0.1, 0.15) is 46.2 Å². The van der Waals surface area contributed by atoms with Gasteiger partial charge in [0.05, 0.1) is 0 Å². The predicted octanol–water partition coefficient (Wildman–Crippen LogP) is 3.27. The highest BCUT2D eigenvalue weighted by Gasteiger charge is 1.98. The molecular weight excluding hydrogens is 160 g/mol. The third-order valence-corrected chi connectivity index (χ3v) is 1.75. The van der Waals surface area contributed by atoms with Gasteiger partial charge in [-0.25, -0.2) is 0 Å². The van der Waals surface area contributed by atoms with Crippen LogP contribution in [0.2, 0.25) is 0 Å². The van der Waals surface area contributed by atoms with Gasteiger partial charge in [0, 0.05) is 18.4 Å². The van der Waals surface area contributed by atoms with Crippen LogP contribution in [-0.4, -0.2) is 9.78 Å². The molecule has 76 valence electrons. The normalized spacial score (nSPS) is 9.23. The summed E-state index contributed by atoms with van der Waals surface area (Å²) >= 11 is 0. The molecule has 0 aromatic carbocycles. The molecule has 13 heavy (non-hydrogen) atoms. The minimum absolute atomic E-state index is 1.06. The highest BCUT2D eigenvalue weighted by molar-refractivity contribution is 5.00. The molecule has 0 atom stereocenters. The molecular formula is C11H22N2. The number of nitrogens with zero attached hydrogens (tertiary/aromatic N) is 2. The molecule has 0 fully saturated rings. The number of aryl methyl sites for hydroxylation is 2. The minimum Gasteiger partial charge on any atom is -0.270 e. The van der Waals surface area contributed by atoms with Gasteiger partial charge in [0.15, 0.2) is 0 Å². The van der Waals surface area contributed by atoms with E-state index < -0.39 is 0 Å². The Labute approximate surface area is 82.0 Å². The second-order valence-corrected chi connectivity index (χ2v) is 2.80. The predicted molar refractivity (Wildman–Crippen MR) is 57.9 cm³/mol. The van der Waals surface area contributed by atoms with Crippen LogP contribution < -0.4 is 0 Å². The maximum atomic E-state index is 4.24. The lowest BCUT2D eigenvalue weighted by molar-refractivity contribution is 0.570. The van der Waals surface area contributed by atoms with Crippen molar-refractivity contribution in [1.82, 2.24) is 9.78 Å². The van der Waals surface area contributed by atoms with E-state index in [9.17, 15) is 0 Å². The second kappa shape index (κ2) is 7.84. The summed E-state index contributed by atoms with van der Waals surface area (Å²) in [5.74, 6) is 0. The molecule has 0 unspecified atom stereocenters. The first kappa shape index (κ1) is 12.2. The van der Waals surface area contributed by atoms with Crippen molar-refractivity contribution < 1.29 is 0 Å². The molecule has 0 aliphatic carbocycles. The summed E-state index contributed by atoms with van der Waals surface area (Å²) in [6.45, 7) is 9.43. The van der Waals surface area contributed by atoms with Gasteiger partial charge in [-0.2, -0.15) is 5.10 Å². The second-order valence-electron chi connectivity index (χ2n) is 2.80. The summed E-state index contributed by atoms with van der Waals surface area (Å²) in [5.41, 5.74) is 1.37. The highest BCUT2D eigenvalue weighted by atomic mass is 15.3. The number of aromatic nitrogens is 2.